The van der Waals surface area contributed by atoms with Gasteiger partial charge < -0.3 is 15.2 Å². The average molecular weight is 473 g/mol. The van der Waals surface area contributed by atoms with E-state index < -0.39 is 12.1 Å². The molecule has 0 radical (unpaired) electrons. The number of ether oxygens (including phenoxy) is 1. The van der Waals surface area contributed by atoms with Crippen molar-refractivity contribution in [1.82, 2.24) is 5.32 Å². The molecule has 3 aromatic carbocycles. The van der Waals surface area contributed by atoms with Crippen LogP contribution in [-0.2, 0) is 9.53 Å². The molecule has 1 aliphatic carbocycles. The molecular weight excluding hydrogens is 444 g/mol. The zero-order valence-electron chi connectivity index (χ0n) is 19.7. The normalized spacial score (nSPS) is 12.9. The van der Waals surface area contributed by atoms with Gasteiger partial charge in [0.1, 0.15) is 6.61 Å². The zero-order valence-corrected chi connectivity index (χ0v) is 19.7. The molecule has 3 N–H and O–H groups in total. The Kier molecular flexibility index (Phi) is 7.15. The average Bonchev–Trinajstić information content (AvgIpc) is 3.15. The predicted molar refractivity (Wildman–Crippen MR) is 134 cm³/mol. The van der Waals surface area contributed by atoms with E-state index in [1.54, 1.807) is 25.1 Å². The van der Waals surface area contributed by atoms with E-state index >= 15 is 0 Å². The van der Waals surface area contributed by atoms with Crippen LogP contribution in [0.4, 0.5) is 10.5 Å². The molecule has 7 nitrogen and oxygen atoms in total. The lowest BCUT2D eigenvalue weighted by Crippen LogP contribution is -2.30. The molecule has 7 heteroatoms. The third-order valence-electron chi connectivity index (χ3n) is 6.13. The fourth-order valence-corrected chi connectivity index (χ4v) is 4.43. The Bertz CT molecular complexity index is 1220. The van der Waals surface area contributed by atoms with E-state index in [0.29, 0.717) is 11.3 Å². The van der Waals surface area contributed by atoms with Crippen molar-refractivity contribution < 1.29 is 24.2 Å². The highest BCUT2D eigenvalue weighted by Gasteiger charge is 2.29. The molecule has 0 bridgehead atoms. The molecule has 0 spiro atoms. The molecule has 1 unspecified atom stereocenters. The number of carboxylic acid groups (broad SMARTS) is 1. The van der Waals surface area contributed by atoms with E-state index in [-0.39, 0.29) is 37.3 Å². The highest BCUT2D eigenvalue weighted by molar-refractivity contribution is 6.02. The largest absolute Gasteiger partial charge is 0.481 e. The second-order valence-electron chi connectivity index (χ2n) is 8.91. The Hall–Kier alpha value is -4.13. The molecule has 4 rings (SSSR count). The Morgan fingerprint density at radius 1 is 0.971 bits per heavy atom. The lowest BCUT2D eigenvalue weighted by molar-refractivity contribution is -0.137. The fraction of sp³-hybridized carbons (Fsp3) is 0.250. The molecule has 1 atom stereocenters. The number of aryl methyl sites for hydroxylation is 1. The maximum absolute atomic E-state index is 12.8. The van der Waals surface area contributed by atoms with Crippen LogP contribution < -0.4 is 10.6 Å². The van der Waals surface area contributed by atoms with Crippen LogP contribution in [0.3, 0.4) is 0 Å². The van der Waals surface area contributed by atoms with Crippen LogP contribution in [0.1, 0.15) is 46.3 Å². The minimum absolute atomic E-state index is 0.0427. The van der Waals surface area contributed by atoms with E-state index in [1.807, 2.05) is 31.2 Å². The number of anilines is 1. The quantitative estimate of drug-likeness (QED) is 0.418. The lowest BCUT2D eigenvalue weighted by atomic mass is 9.98. The van der Waals surface area contributed by atoms with Crippen LogP contribution in [0.2, 0.25) is 0 Å². The second-order valence-corrected chi connectivity index (χ2v) is 8.91. The van der Waals surface area contributed by atoms with Crippen LogP contribution in [-0.4, -0.2) is 36.2 Å². The zero-order chi connectivity index (χ0) is 24.9. The molecular formula is C28H28N2O5. The molecule has 0 heterocycles. The Morgan fingerprint density at radius 3 is 2.23 bits per heavy atom. The molecule has 0 saturated heterocycles. The van der Waals surface area contributed by atoms with E-state index in [9.17, 15) is 14.4 Å². The summed E-state index contributed by atoms with van der Waals surface area (Å²) in [6.45, 7) is 3.98. The monoisotopic (exact) mass is 472 g/mol. The van der Waals surface area contributed by atoms with Crippen LogP contribution in [0.5, 0.6) is 0 Å². The van der Waals surface area contributed by atoms with Crippen molar-refractivity contribution in [3.05, 3.63) is 89.0 Å². The smallest absolute Gasteiger partial charge is 0.411 e. The van der Waals surface area contributed by atoms with E-state index in [4.69, 9.17) is 9.84 Å². The summed E-state index contributed by atoms with van der Waals surface area (Å²) in [7, 11) is 0. The van der Waals surface area contributed by atoms with E-state index in [1.165, 1.54) is 0 Å². The van der Waals surface area contributed by atoms with Gasteiger partial charge in [-0.25, -0.2) is 4.79 Å². The van der Waals surface area contributed by atoms with Crippen molar-refractivity contribution in [2.45, 2.75) is 26.2 Å². The summed E-state index contributed by atoms with van der Waals surface area (Å²) in [4.78, 5) is 36.4. The van der Waals surface area contributed by atoms with Crippen molar-refractivity contribution in [1.29, 1.82) is 0 Å². The van der Waals surface area contributed by atoms with Crippen LogP contribution in [0, 0.1) is 12.8 Å². The van der Waals surface area contributed by atoms with Gasteiger partial charge in [0.25, 0.3) is 5.91 Å². The number of hydrogen-bond acceptors (Lipinski definition) is 4. The first kappa shape index (κ1) is 24.0. The summed E-state index contributed by atoms with van der Waals surface area (Å²) >= 11 is 0. The van der Waals surface area contributed by atoms with E-state index in [0.717, 1.165) is 27.8 Å². The molecule has 0 aliphatic heterocycles. The standard InChI is InChI=1S/C28H28N2O5/c1-17-11-12-25(23(13-17)27(33)29-15-18(2)14-26(31)32)30-28(34)35-16-24-21-9-5-3-7-19(21)20-8-4-6-10-22(20)24/h3-13,18,24H,14-16H2,1-2H3,(H,29,33)(H,30,34)(H,31,32). The Labute approximate surface area is 204 Å². The Morgan fingerprint density at radius 2 is 1.60 bits per heavy atom. The highest BCUT2D eigenvalue weighted by Crippen LogP contribution is 2.44. The number of carbonyl (C=O) groups is 3. The number of fused-ring (bicyclic) bond motifs is 3. The first-order valence-electron chi connectivity index (χ1n) is 11.6. The molecule has 0 fully saturated rings. The van der Waals surface area contributed by atoms with Gasteiger partial charge in [-0.2, -0.15) is 0 Å². The van der Waals surface area contributed by atoms with Gasteiger partial charge >= 0.3 is 12.1 Å². The summed E-state index contributed by atoms with van der Waals surface area (Å²) < 4.78 is 5.60. The minimum Gasteiger partial charge on any atom is -0.481 e. The fourth-order valence-electron chi connectivity index (χ4n) is 4.43. The third-order valence-corrected chi connectivity index (χ3v) is 6.13. The van der Waals surface area contributed by atoms with Gasteiger partial charge in [0.05, 0.1) is 11.3 Å². The summed E-state index contributed by atoms with van der Waals surface area (Å²) in [6, 6.07) is 21.3. The van der Waals surface area contributed by atoms with Gasteiger partial charge in [0.2, 0.25) is 0 Å². The van der Waals surface area contributed by atoms with Gasteiger partial charge in [-0.15, -0.1) is 0 Å². The summed E-state index contributed by atoms with van der Waals surface area (Å²) in [5.74, 6) is -1.59. The summed E-state index contributed by atoms with van der Waals surface area (Å²) in [5.41, 5.74) is 6.00. The number of nitrogens with one attached hydrogen (secondary N) is 2. The molecule has 3 aromatic rings. The summed E-state index contributed by atoms with van der Waals surface area (Å²) in [5, 5.41) is 14.4. The molecule has 35 heavy (non-hydrogen) atoms. The number of carbonyl (C=O) groups excluding carboxylic acids is 2. The SMILES string of the molecule is Cc1ccc(NC(=O)OCC2c3ccccc3-c3ccccc32)c(C(=O)NCC(C)CC(=O)O)c1. The molecule has 0 saturated carbocycles. The van der Waals surface area contributed by atoms with Gasteiger partial charge in [-0.1, -0.05) is 67.1 Å². The van der Waals surface area contributed by atoms with Crippen molar-refractivity contribution in [3.63, 3.8) is 0 Å². The van der Waals surface area contributed by atoms with Crippen LogP contribution in [0.15, 0.2) is 66.7 Å². The topological polar surface area (TPSA) is 105 Å². The number of rotatable bonds is 8. The van der Waals surface area contributed by atoms with Gasteiger partial charge in [-0.05, 0) is 47.2 Å². The van der Waals surface area contributed by atoms with Crippen molar-refractivity contribution >= 4 is 23.7 Å². The maximum atomic E-state index is 12.8. The van der Waals surface area contributed by atoms with Crippen molar-refractivity contribution in [2.24, 2.45) is 5.92 Å². The van der Waals surface area contributed by atoms with Gasteiger partial charge in [0.15, 0.2) is 0 Å². The van der Waals surface area contributed by atoms with Crippen molar-refractivity contribution in [2.75, 3.05) is 18.5 Å². The highest BCUT2D eigenvalue weighted by atomic mass is 16.5. The molecule has 1 aliphatic rings. The minimum atomic E-state index is -0.917. The van der Waals surface area contributed by atoms with E-state index in [2.05, 4.69) is 34.9 Å². The number of benzene rings is 3. The number of amides is 2. The number of carboxylic acids is 1. The third kappa shape index (κ3) is 5.51. The molecule has 180 valence electrons. The first-order valence-corrected chi connectivity index (χ1v) is 11.6. The second kappa shape index (κ2) is 10.4. The number of hydrogen-bond donors (Lipinski definition) is 3. The first-order chi connectivity index (χ1) is 16.8. The number of aliphatic carboxylic acids is 1. The Balaban J connectivity index is 1.43. The van der Waals surface area contributed by atoms with Gasteiger partial charge in [-0.3, -0.25) is 14.9 Å². The lowest BCUT2D eigenvalue weighted by Gasteiger charge is -2.16. The predicted octanol–water partition coefficient (Wildman–Crippen LogP) is 5.20. The van der Waals surface area contributed by atoms with Gasteiger partial charge in [0, 0.05) is 18.9 Å². The van der Waals surface area contributed by atoms with Crippen molar-refractivity contribution in [3.8, 4) is 11.1 Å². The van der Waals surface area contributed by atoms with Crippen LogP contribution >= 0.6 is 0 Å². The molecule has 2 amide bonds. The summed E-state index contributed by atoms with van der Waals surface area (Å²) in [6.07, 6.45) is -0.692. The maximum Gasteiger partial charge on any atom is 0.411 e. The molecule has 0 aromatic heterocycles. The van der Waals surface area contributed by atoms with Crippen LogP contribution in [0.25, 0.3) is 11.1 Å².